The number of piperidine rings is 1. The number of aromatic nitrogens is 1. The molecule has 1 saturated carbocycles. The maximum Gasteiger partial charge on any atom is 0.410 e. The third-order valence-electron chi connectivity index (χ3n) is 8.81. The molecule has 0 N–H and O–H groups in total. The Hall–Kier alpha value is -3.24. The molecule has 12 heteroatoms. The number of nitrogens with zero attached hydrogens (tertiary/aromatic N) is 3. The maximum atomic E-state index is 14.6. The summed E-state index contributed by atoms with van der Waals surface area (Å²) in [6.07, 6.45) is 4.53. The number of hydrogen-bond donors (Lipinski definition) is 0. The first-order valence-electron chi connectivity index (χ1n) is 17.0. The van der Waals surface area contributed by atoms with E-state index in [0.717, 1.165) is 41.5 Å². The highest BCUT2D eigenvalue weighted by molar-refractivity contribution is 6.37. The van der Waals surface area contributed by atoms with E-state index in [1.54, 1.807) is 36.4 Å². The lowest BCUT2D eigenvalue weighted by Crippen LogP contribution is -2.51. The maximum absolute atomic E-state index is 14.6. The van der Waals surface area contributed by atoms with Crippen LogP contribution >= 0.6 is 34.8 Å². The topological polar surface area (TPSA) is 90.4 Å². The molecule has 0 spiro atoms. The minimum Gasteiger partial charge on any atom is -0.487 e. The number of amides is 2. The molecule has 0 radical (unpaired) electrons. The summed E-state index contributed by atoms with van der Waals surface area (Å²) in [6.45, 7) is 9.57. The van der Waals surface area contributed by atoms with E-state index in [1.165, 1.54) is 0 Å². The minimum absolute atomic E-state index is 0.00461. The molecule has 2 aliphatic rings. The molecule has 1 aliphatic heterocycles. The van der Waals surface area contributed by atoms with Gasteiger partial charge in [-0.25, -0.2) is 9.78 Å². The van der Waals surface area contributed by atoms with Crippen molar-refractivity contribution in [2.75, 3.05) is 40.0 Å². The van der Waals surface area contributed by atoms with Crippen molar-refractivity contribution in [2.45, 2.75) is 77.5 Å². The Morgan fingerprint density at radius 2 is 1.66 bits per heavy atom. The summed E-state index contributed by atoms with van der Waals surface area (Å²) in [7, 11) is 1.68. The largest absolute Gasteiger partial charge is 0.487 e. The van der Waals surface area contributed by atoms with Crippen LogP contribution in [0, 0.1) is 12.8 Å². The van der Waals surface area contributed by atoms with Crippen molar-refractivity contribution in [2.24, 2.45) is 5.92 Å². The van der Waals surface area contributed by atoms with Gasteiger partial charge in [0, 0.05) is 56.0 Å². The van der Waals surface area contributed by atoms with E-state index in [4.69, 9.17) is 53.8 Å². The van der Waals surface area contributed by atoms with Crippen LogP contribution in [0.3, 0.4) is 0 Å². The Labute approximate surface area is 310 Å². The van der Waals surface area contributed by atoms with Gasteiger partial charge in [-0.3, -0.25) is 4.79 Å². The van der Waals surface area contributed by atoms with Gasteiger partial charge in [0.05, 0.1) is 22.6 Å². The third kappa shape index (κ3) is 10.2. The summed E-state index contributed by atoms with van der Waals surface area (Å²) in [5, 5.41) is 1.51. The zero-order chi connectivity index (χ0) is 36.0. The van der Waals surface area contributed by atoms with E-state index in [9.17, 15) is 9.59 Å². The molecule has 2 fully saturated rings. The van der Waals surface area contributed by atoms with Gasteiger partial charge in [-0.15, -0.1) is 0 Å². The molecule has 2 unspecified atom stereocenters. The fraction of sp³-hybridized carbons (Fsp3) is 0.500. The number of methoxy groups -OCH3 is 1. The van der Waals surface area contributed by atoms with Crippen LogP contribution in [-0.2, 0) is 27.2 Å². The third-order valence-corrected chi connectivity index (χ3v) is 9.74. The molecule has 1 saturated heterocycles. The van der Waals surface area contributed by atoms with E-state index in [0.29, 0.717) is 52.8 Å². The number of carbonyl (C=O) groups excluding carboxylic acids is 2. The van der Waals surface area contributed by atoms with Crippen LogP contribution in [0.2, 0.25) is 15.1 Å². The van der Waals surface area contributed by atoms with Crippen molar-refractivity contribution in [3.05, 3.63) is 86.0 Å². The van der Waals surface area contributed by atoms with Crippen LogP contribution in [0.25, 0.3) is 0 Å². The minimum atomic E-state index is -0.651. The second-order valence-corrected chi connectivity index (χ2v) is 15.2. The number of halogens is 3. The van der Waals surface area contributed by atoms with Crippen molar-refractivity contribution < 1.29 is 28.5 Å². The van der Waals surface area contributed by atoms with Crippen molar-refractivity contribution >= 4 is 46.8 Å². The monoisotopic (exact) mass is 745 g/mol. The van der Waals surface area contributed by atoms with E-state index >= 15 is 0 Å². The molecule has 50 heavy (non-hydrogen) atoms. The summed E-state index contributed by atoms with van der Waals surface area (Å²) >= 11 is 19.3. The van der Waals surface area contributed by atoms with E-state index in [2.05, 4.69) is 11.1 Å². The number of ether oxygens (including phenoxy) is 4. The Morgan fingerprint density at radius 3 is 2.30 bits per heavy atom. The first kappa shape index (κ1) is 38.0. The Bertz CT molecular complexity index is 1620. The fourth-order valence-electron chi connectivity index (χ4n) is 6.20. The molecule has 5 rings (SSSR count). The zero-order valence-electron chi connectivity index (χ0n) is 29.3. The van der Waals surface area contributed by atoms with Crippen LogP contribution in [-0.4, -0.2) is 78.4 Å². The standard InChI is InChI=1S/C38H46Cl3N3O6/c1-24-18-32(40)35(33(41)19-24)49-17-16-48-34-11-7-26(21-42-34)29-12-14-43(37(46)50-38(2,3)4)23-30(29)36(45)44(28-8-9-28)22-27-20-25(13-15-47-5)6-10-31(27)39/h6-7,10-11,18-21,28-30H,8-9,12-17,22-23H2,1-5H3. The molecule has 2 aromatic carbocycles. The van der Waals surface area contributed by atoms with Gasteiger partial charge in [-0.1, -0.05) is 53.0 Å². The Morgan fingerprint density at radius 1 is 0.940 bits per heavy atom. The van der Waals surface area contributed by atoms with Gasteiger partial charge in [0.25, 0.3) is 0 Å². The van der Waals surface area contributed by atoms with Gasteiger partial charge in [-0.05, 0) is 93.8 Å². The Balaban J connectivity index is 1.31. The molecule has 2 atom stereocenters. The van der Waals surface area contributed by atoms with Crippen molar-refractivity contribution in [3.63, 3.8) is 0 Å². The highest BCUT2D eigenvalue weighted by Crippen LogP contribution is 2.39. The first-order chi connectivity index (χ1) is 23.8. The number of carbonyl (C=O) groups is 2. The summed E-state index contributed by atoms with van der Waals surface area (Å²) < 4.78 is 22.6. The second kappa shape index (κ2) is 16.9. The lowest BCUT2D eigenvalue weighted by atomic mass is 9.80. The number of rotatable bonds is 13. The quantitative estimate of drug-likeness (QED) is 0.162. The van der Waals surface area contributed by atoms with Crippen molar-refractivity contribution in [1.82, 2.24) is 14.8 Å². The van der Waals surface area contributed by atoms with Gasteiger partial charge in [0.15, 0.2) is 5.75 Å². The predicted molar refractivity (Wildman–Crippen MR) is 196 cm³/mol. The van der Waals surface area contributed by atoms with Crippen LogP contribution in [0.15, 0.2) is 48.7 Å². The van der Waals surface area contributed by atoms with Crippen molar-refractivity contribution in [3.8, 4) is 11.6 Å². The zero-order valence-corrected chi connectivity index (χ0v) is 31.6. The normalized spacial score (nSPS) is 17.7. The van der Waals surface area contributed by atoms with Gasteiger partial charge in [0.2, 0.25) is 11.8 Å². The first-order valence-corrected chi connectivity index (χ1v) is 18.2. The molecule has 0 bridgehead atoms. The summed E-state index contributed by atoms with van der Waals surface area (Å²) in [5.41, 5.74) is 3.20. The molecule has 1 aliphatic carbocycles. The van der Waals surface area contributed by atoms with Gasteiger partial charge >= 0.3 is 6.09 Å². The molecule has 2 heterocycles. The number of pyridine rings is 1. The molecule has 9 nitrogen and oxygen atoms in total. The Kier molecular flexibility index (Phi) is 12.8. The van der Waals surface area contributed by atoms with E-state index in [1.807, 2.05) is 50.8 Å². The SMILES string of the molecule is COCCc1ccc(Cl)c(CN(C(=O)C2CN(C(=O)OC(C)(C)C)CCC2c2ccc(OCCOc3c(Cl)cc(C)cc3Cl)nc2)C2CC2)c1. The average molecular weight is 747 g/mol. The molecule has 270 valence electrons. The van der Waals surface area contributed by atoms with Gasteiger partial charge in [0.1, 0.15) is 18.8 Å². The predicted octanol–water partition coefficient (Wildman–Crippen LogP) is 8.53. The molecule has 2 amide bonds. The number of hydrogen-bond acceptors (Lipinski definition) is 7. The molecular weight excluding hydrogens is 701 g/mol. The van der Waals surface area contributed by atoms with E-state index in [-0.39, 0.29) is 37.6 Å². The van der Waals surface area contributed by atoms with Crippen LogP contribution < -0.4 is 9.47 Å². The summed E-state index contributed by atoms with van der Waals surface area (Å²) in [5.74, 6) is 0.172. The molecular formula is C38H46Cl3N3O6. The average Bonchev–Trinajstić information content (AvgIpc) is 3.91. The van der Waals surface area contributed by atoms with Gasteiger partial charge in [-0.2, -0.15) is 0 Å². The van der Waals surface area contributed by atoms with Gasteiger partial charge < -0.3 is 28.7 Å². The fourth-order valence-corrected chi connectivity index (χ4v) is 7.08. The number of likely N-dealkylation sites (tertiary alicyclic amines) is 1. The highest BCUT2D eigenvalue weighted by atomic mass is 35.5. The van der Waals surface area contributed by atoms with Crippen LogP contribution in [0.4, 0.5) is 4.79 Å². The van der Waals surface area contributed by atoms with E-state index < -0.39 is 17.6 Å². The molecule has 1 aromatic heterocycles. The van der Waals surface area contributed by atoms with Crippen LogP contribution in [0.5, 0.6) is 11.6 Å². The smallest absolute Gasteiger partial charge is 0.410 e. The number of aryl methyl sites for hydroxylation is 1. The lowest BCUT2D eigenvalue weighted by molar-refractivity contribution is -0.139. The molecule has 3 aromatic rings. The summed E-state index contributed by atoms with van der Waals surface area (Å²) in [4.78, 5) is 36.0. The van der Waals surface area contributed by atoms with Crippen molar-refractivity contribution in [1.29, 1.82) is 0 Å². The second-order valence-electron chi connectivity index (χ2n) is 14.0. The highest BCUT2D eigenvalue weighted by Gasteiger charge is 2.43. The lowest BCUT2D eigenvalue weighted by Gasteiger charge is -2.40. The summed E-state index contributed by atoms with van der Waals surface area (Å²) in [6, 6.07) is 13.4. The number of benzene rings is 2. The van der Waals surface area contributed by atoms with Crippen LogP contribution in [0.1, 0.15) is 68.2 Å².